The van der Waals surface area contributed by atoms with Crippen LogP contribution in [-0.2, 0) is 19.5 Å². The van der Waals surface area contributed by atoms with Gasteiger partial charge in [-0.15, -0.1) is 0 Å². The van der Waals surface area contributed by atoms with Gasteiger partial charge in [0.1, 0.15) is 5.82 Å². The third-order valence-corrected chi connectivity index (χ3v) is 3.10. The van der Waals surface area contributed by atoms with E-state index in [2.05, 4.69) is 65.8 Å². The van der Waals surface area contributed by atoms with Crippen LogP contribution in [0.2, 0.25) is 0 Å². The van der Waals surface area contributed by atoms with Crippen molar-refractivity contribution < 1.29 is 0 Å². The zero-order valence-corrected chi connectivity index (χ0v) is 14.1. The predicted octanol–water partition coefficient (Wildman–Crippen LogP) is 3.42. The molecule has 4 heteroatoms. The Kier molecular flexibility index (Phi) is 7.95. The van der Waals surface area contributed by atoms with Gasteiger partial charge in [0.05, 0.1) is 18.2 Å². The third kappa shape index (κ3) is 6.55. The normalized spacial score (nSPS) is 10.0. The van der Waals surface area contributed by atoms with Gasteiger partial charge in [0.25, 0.3) is 0 Å². The lowest BCUT2D eigenvalue weighted by molar-refractivity contribution is 0.402. The molecule has 0 N–H and O–H groups in total. The van der Waals surface area contributed by atoms with Crippen LogP contribution in [0.1, 0.15) is 30.4 Å². The number of benzene rings is 1. The molecule has 0 aliphatic carbocycles. The van der Waals surface area contributed by atoms with E-state index < -0.39 is 0 Å². The highest BCUT2D eigenvalue weighted by molar-refractivity contribution is 5.14. The molecule has 0 amide bonds. The summed E-state index contributed by atoms with van der Waals surface area (Å²) in [6.45, 7) is 5.84. The maximum absolute atomic E-state index is 8.41. The first-order valence-corrected chi connectivity index (χ1v) is 7.65. The summed E-state index contributed by atoms with van der Waals surface area (Å²) in [4.78, 5) is 6.50. The minimum Gasteiger partial charge on any atom is -0.334 e. The van der Waals surface area contributed by atoms with Crippen molar-refractivity contribution in [3.05, 3.63) is 53.6 Å². The molecule has 0 aliphatic heterocycles. The molecular weight excluding hydrogens is 272 g/mol. The van der Waals surface area contributed by atoms with E-state index >= 15 is 0 Å². The first kappa shape index (κ1) is 17.9. The number of aryl methyl sites for hydroxylation is 3. The highest BCUT2D eigenvalue weighted by atomic mass is 15.1. The third-order valence-electron chi connectivity index (χ3n) is 3.10. The monoisotopic (exact) mass is 298 g/mol. The van der Waals surface area contributed by atoms with Crippen LogP contribution in [-0.4, -0.2) is 28.5 Å². The van der Waals surface area contributed by atoms with E-state index in [1.54, 1.807) is 0 Å². The first-order valence-electron chi connectivity index (χ1n) is 7.65. The lowest BCUT2D eigenvalue weighted by Crippen LogP contribution is -2.10. The zero-order chi connectivity index (χ0) is 16.4. The van der Waals surface area contributed by atoms with E-state index in [9.17, 15) is 0 Å². The Hall–Kier alpha value is -2.12. The highest BCUT2D eigenvalue weighted by Crippen LogP contribution is 2.04. The van der Waals surface area contributed by atoms with Crippen molar-refractivity contribution in [2.45, 2.75) is 39.8 Å². The molecule has 0 saturated heterocycles. The lowest BCUT2D eigenvalue weighted by Gasteiger charge is -2.08. The number of imidazole rings is 1. The van der Waals surface area contributed by atoms with E-state index in [-0.39, 0.29) is 0 Å². The van der Waals surface area contributed by atoms with E-state index in [4.69, 9.17) is 5.26 Å². The predicted molar refractivity (Wildman–Crippen MR) is 90.4 cm³/mol. The Balaban J connectivity index is 0.000000224. The van der Waals surface area contributed by atoms with Crippen LogP contribution in [0, 0.1) is 18.3 Å². The van der Waals surface area contributed by atoms with Crippen molar-refractivity contribution >= 4 is 0 Å². The molecule has 2 aromatic rings. The Morgan fingerprint density at radius 2 is 1.91 bits per heavy atom. The minimum absolute atomic E-state index is 0.558. The van der Waals surface area contributed by atoms with Crippen LogP contribution in [0.25, 0.3) is 0 Å². The van der Waals surface area contributed by atoms with Crippen molar-refractivity contribution in [3.63, 3.8) is 0 Å². The number of rotatable bonds is 5. The van der Waals surface area contributed by atoms with Gasteiger partial charge in [0, 0.05) is 25.7 Å². The molecule has 0 bridgehead atoms. The molecule has 4 nitrogen and oxygen atoms in total. The molecule has 0 radical (unpaired) electrons. The van der Waals surface area contributed by atoms with Gasteiger partial charge in [-0.3, -0.25) is 0 Å². The summed E-state index contributed by atoms with van der Waals surface area (Å²) in [6, 6.07) is 12.6. The summed E-state index contributed by atoms with van der Waals surface area (Å²) < 4.78 is 2.05. The number of hydrogen-bond donors (Lipinski definition) is 0. The summed E-state index contributed by atoms with van der Waals surface area (Å²) in [7, 11) is 4.15. The molecule has 1 aromatic heterocycles. The Labute approximate surface area is 134 Å². The Morgan fingerprint density at radius 1 is 1.23 bits per heavy atom. The van der Waals surface area contributed by atoms with Gasteiger partial charge in [0.2, 0.25) is 0 Å². The SMILES string of the molecule is CCc1nc(C)cn1CCC#N.CN(C)Cc1ccccc1. The molecule has 0 fully saturated rings. The van der Waals surface area contributed by atoms with Gasteiger partial charge in [0.15, 0.2) is 0 Å². The smallest absolute Gasteiger partial charge is 0.108 e. The maximum Gasteiger partial charge on any atom is 0.108 e. The summed E-state index contributed by atoms with van der Waals surface area (Å²) >= 11 is 0. The van der Waals surface area contributed by atoms with Crippen LogP contribution in [0.3, 0.4) is 0 Å². The van der Waals surface area contributed by atoms with Crippen LogP contribution in [0.5, 0.6) is 0 Å². The molecule has 0 unspecified atom stereocenters. The fraction of sp³-hybridized carbons (Fsp3) is 0.444. The Morgan fingerprint density at radius 3 is 2.45 bits per heavy atom. The molecule has 2 rings (SSSR count). The van der Waals surface area contributed by atoms with Crippen LogP contribution < -0.4 is 0 Å². The second kappa shape index (κ2) is 9.75. The standard InChI is InChI=1S/C9H13N3.C9H13N/c1-3-9-11-8(2)7-12(9)6-4-5-10;1-10(2)8-9-6-4-3-5-7-9/h7H,3-4,6H2,1-2H3;3-7H,8H2,1-2H3. The number of aromatic nitrogens is 2. The highest BCUT2D eigenvalue weighted by Gasteiger charge is 2.01. The number of hydrogen-bond acceptors (Lipinski definition) is 3. The average molecular weight is 298 g/mol. The number of nitriles is 1. The fourth-order valence-electron chi connectivity index (χ4n) is 2.19. The van der Waals surface area contributed by atoms with E-state index in [0.717, 1.165) is 31.0 Å². The van der Waals surface area contributed by atoms with Gasteiger partial charge < -0.3 is 9.47 Å². The molecule has 0 spiro atoms. The molecular formula is C18H26N4. The summed E-state index contributed by atoms with van der Waals surface area (Å²) in [5.41, 5.74) is 2.40. The van der Waals surface area contributed by atoms with Gasteiger partial charge >= 0.3 is 0 Å². The van der Waals surface area contributed by atoms with Gasteiger partial charge in [-0.05, 0) is 26.6 Å². The van der Waals surface area contributed by atoms with Gasteiger partial charge in [-0.25, -0.2) is 4.98 Å². The topological polar surface area (TPSA) is 44.9 Å². The second-order valence-electron chi connectivity index (χ2n) is 5.48. The largest absolute Gasteiger partial charge is 0.334 e. The zero-order valence-electron chi connectivity index (χ0n) is 14.1. The van der Waals surface area contributed by atoms with E-state index in [1.807, 2.05) is 19.2 Å². The van der Waals surface area contributed by atoms with Crippen molar-refractivity contribution in [3.8, 4) is 6.07 Å². The molecule has 1 aromatic carbocycles. The first-order chi connectivity index (χ1) is 10.6. The summed E-state index contributed by atoms with van der Waals surface area (Å²) in [6.07, 6.45) is 3.48. The molecule has 22 heavy (non-hydrogen) atoms. The van der Waals surface area contributed by atoms with Crippen LogP contribution >= 0.6 is 0 Å². The minimum atomic E-state index is 0.558. The summed E-state index contributed by atoms with van der Waals surface area (Å²) in [5, 5.41) is 8.41. The fourth-order valence-corrected chi connectivity index (χ4v) is 2.19. The van der Waals surface area contributed by atoms with Crippen molar-refractivity contribution in [2.75, 3.05) is 14.1 Å². The molecule has 0 saturated carbocycles. The lowest BCUT2D eigenvalue weighted by atomic mass is 10.2. The molecule has 1 heterocycles. The molecule has 0 atom stereocenters. The Bertz CT molecular complexity index is 579. The van der Waals surface area contributed by atoms with Crippen LogP contribution in [0.15, 0.2) is 36.5 Å². The second-order valence-corrected chi connectivity index (χ2v) is 5.48. The van der Waals surface area contributed by atoms with Crippen molar-refractivity contribution in [1.29, 1.82) is 5.26 Å². The average Bonchev–Trinajstić information content (AvgIpc) is 2.86. The number of nitrogens with zero attached hydrogens (tertiary/aromatic N) is 4. The van der Waals surface area contributed by atoms with E-state index in [1.165, 1.54) is 5.56 Å². The van der Waals surface area contributed by atoms with Crippen molar-refractivity contribution in [2.24, 2.45) is 0 Å². The van der Waals surface area contributed by atoms with E-state index in [0.29, 0.717) is 6.42 Å². The van der Waals surface area contributed by atoms with Gasteiger partial charge in [-0.1, -0.05) is 37.3 Å². The molecule has 118 valence electrons. The van der Waals surface area contributed by atoms with Crippen molar-refractivity contribution in [1.82, 2.24) is 14.5 Å². The maximum atomic E-state index is 8.41. The summed E-state index contributed by atoms with van der Waals surface area (Å²) in [5.74, 6) is 1.07. The van der Waals surface area contributed by atoms with Crippen LogP contribution in [0.4, 0.5) is 0 Å². The quantitative estimate of drug-likeness (QED) is 0.849. The van der Waals surface area contributed by atoms with Gasteiger partial charge in [-0.2, -0.15) is 5.26 Å². The molecule has 0 aliphatic rings.